The minimum absolute atomic E-state index is 0.0785. The van der Waals surface area contributed by atoms with Crippen molar-refractivity contribution in [2.45, 2.75) is 47.5 Å². The molecule has 120 valence electrons. The molecule has 0 fully saturated rings. The number of rotatable bonds is 1. The molecule has 0 bridgehead atoms. The molecule has 0 aliphatic rings. The van der Waals surface area contributed by atoms with Gasteiger partial charge in [-0.25, -0.2) is 13.8 Å². The minimum atomic E-state index is -1.02. The Bertz CT molecular complexity index is 671. The van der Waals surface area contributed by atoms with Crippen molar-refractivity contribution in [1.82, 2.24) is 4.98 Å². The normalized spacial score (nSPS) is 9.45. The highest BCUT2D eigenvalue weighted by atomic mass is 19.2. The Morgan fingerprint density at radius 2 is 1.68 bits per heavy atom. The van der Waals surface area contributed by atoms with Crippen LogP contribution in [0.4, 0.5) is 14.6 Å². The van der Waals surface area contributed by atoms with Crippen LogP contribution in [0, 0.1) is 24.0 Å². The molecular formula is C18H24F2N2. The number of benzene rings is 1. The summed E-state index contributed by atoms with van der Waals surface area (Å²) in [6.07, 6.45) is 5.28. The van der Waals surface area contributed by atoms with Gasteiger partial charge in [0.1, 0.15) is 5.82 Å². The molecule has 1 heterocycles. The fourth-order valence-electron chi connectivity index (χ4n) is 1.99. The molecule has 1 aromatic carbocycles. The van der Waals surface area contributed by atoms with Gasteiger partial charge < -0.3 is 5.73 Å². The van der Waals surface area contributed by atoms with Gasteiger partial charge in [0.2, 0.25) is 0 Å². The predicted molar refractivity (Wildman–Crippen MR) is 90.8 cm³/mol. The first-order valence-corrected chi connectivity index (χ1v) is 7.50. The average molecular weight is 306 g/mol. The Morgan fingerprint density at radius 1 is 1.14 bits per heavy atom. The summed E-state index contributed by atoms with van der Waals surface area (Å²) in [7, 11) is 0. The van der Waals surface area contributed by atoms with E-state index in [1.165, 1.54) is 0 Å². The Labute approximate surface area is 131 Å². The van der Waals surface area contributed by atoms with E-state index in [-0.39, 0.29) is 22.8 Å². The molecule has 2 N–H and O–H groups in total. The summed E-state index contributed by atoms with van der Waals surface area (Å²) in [6, 6.07) is 2.67. The van der Waals surface area contributed by atoms with Crippen LogP contribution in [-0.4, -0.2) is 4.98 Å². The first-order valence-electron chi connectivity index (χ1n) is 7.50. The van der Waals surface area contributed by atoms with E-state index < -0.39 is 11.6 Å². The van der Waals surface area contributed by atoms with E-state index in [0.29, 0.717) is 5.39 Å². The maximum absolute atomic E-state index is 13.7. The van der Waals surface area contributed by atoms with Crippen molar-refractivity contribution in [3.8, 4) is 12.3 Å². The highest BCUT2D eigenvalue weighted by Crippen LogP contribution is 2.31. The zero-order chi connectivity index (χ0) is 17.4. The third-order valence-electron chi connectivity index (χ3n) is 2.81. The van der Waals surface area contributed by atoms with Crippen molar-refractivity contribution in [2.75, 3.05) is 5.73 Å². The summed E-state index contributed by atoms with van der Waals surface area (Å²) in [5.41, 5.74) is 6.62. The van der Waals surface area contributed by atoms with Crippen molar-refractivity contribution in [3.63, 3.8) is 0 Å². The van der Waals surface area contributed by atoms with E-state index in [9.17, 15) is 8.78 Å². The second-order valence-corrected chi connectivity index (χ2v) is 4.38. The quantitative estimate of drug-likeness (QED) is 0.731. The highest BCUT2D eigenvalue weighted by molar-refractivity contribution is 5.90. The van der Waals surface area contributed by atoms with Crippen LogP contribution in [0.2, 0.25) is 0 Å². The van der Waals surface area contributed by atoms with Crippen LogP contribution in [0.15, 0.2) is 12.1 Å². The van der Waals surface area contributed by atoms with Gasteiger partial charge in [-0.2, -0.15) is 0 Å². The molecule has 2 aromatic rings. The van der Waals surface area contributed by atoms with Gasteiger partial charge in [0.25, 0.3) is 0 Å². The number of nitrogen functional groups attached to an aromatic ring is 1. The van der Waals surface area contributed by atoms with Gasteiger partial charge >= 0.3 is 0 Å². The van der Waals surface area contributed by atoms with Crippen molar-refractivity contribution < 1.29 is 8.78 Å². The Morgan fingerprint density at radius 3 is 2.14 bits per heavy atom. The molecule has 1 aromatic heterocycles. The lowest BCUT2D eigenvalue weighted by molar-refractivity contribution is 0.508. The first-order chi connectivity index (χ1) is 10.5. The molecule has 0 saturated carbocycles. The standard InChI is InChI=1S/C14H12F2N2.2C2H6/c1-4-8-13-9(7(2)3)5-12(17)18-11(13)6-10(15)14(8)16;2*1-2/h1,5-7H,2-3H3,(H2,17,18);2*1-2H3. The summed E-state index contributed by atoms with van der Waals surface area (Å²) in [5, 5.41) is 0.459. The molecule has 0 radical (unpaired) electrons. The zero-order valence-electron chi connectivity index (χ0n) is 14.1. The van der Waals surface area contributed by atoms with Crippen molar-refractivity contribution in [3.05, 3.63) is 34.9 Å². The number of hydrogen-bond acceptors (Lipinski definition) is 2. The fraction of sp³-hybridized carbons (Fsp3) is 0.389. The smallest absolute Gasteiger partial charge is 0.175 e. The van der Waals surface area contributed by atoms with Gasteiger partial charge in [-0.15, -0.1) is 6.42 Å². The summed E-state index contributed by atoms with van der Waals surface area (Å²) in [6.45, 7) is 11.9. The van der Waals surface area contributed by atoms with Gasteiger partial charge in [0, 0.05) is 11.5 Å². The molecule has 0 saturated heterocycles. The Balaban J connectivity index is 0.00000102. The molecular weight excluding hydrogens is 282 g/mol. The van der Waals surface area contributed by atoms with E-state index in [1.54, 1.807) is 6.07 Å². The monoisotopic (exact) mass is 306 g/mol. The zero-order valence-corrected chi connectivity index (χ0v) is 14.1. The topological polar surface area (TPSA) is 38.9 Å². The molecule has 0 aliphatic carbocycles. The molecule has 0 amide bonds. The number of hydrogen-bond donors (Lipinski definition) is 1. The summed E-state index contributed by atoms with van der Waals surface area (Å²) < 4.78 is 27.1. The van der Waals surface area contributed by atoms with Crippen LogP contribution in [0.5, 0.6) is 0 Å². The van der Waals surface area contributed by atoms with Gasteiger partial charge in [0.15, 0.2) is 11.6 Å². The number of nitrogens with two attached hydrogens (primary N) is 1. The number of terminal acetylenes is 1. The molecule has 0 atom stereocenters. The van der Waals surface area contributed by atoms with E-state index in [0.717, 1.165) is 11.6 Å². The molecule has 0 aliphatic heterocycles. The van der Waals surface area contributed by atoms with Crippen LogP contribution in [0.25, 0.3) is 10.9 Å². The summed E-state index contributed by atoms with van der Waals surface area (Å²) >= 11 is 0. The van der Waals surface area contributed by atoms with Gasteiger partial charge in [0.05, 0.1) is 11.1 Å². The molecule has 22 heavy (non-hydrogen) atoms. The third-order valence-corrected chi connectivity index (χ3v) is 2.81. The number of fused-ring (bicyclic) bond motifs is 1. The second-order valence-electron chi connectivity index (χ2n) is 4.38. The molecule has 2 rings (SSSR count). The van der Waals surface area contributed by atoms with Crippen LogP contribution >= 0.6 is 0 Å². The molecule has 4 heteroatoms. The molecule has 2 nitrogen and oxygen atoms in total. The predicted octanol–water partition coefficient (Wildman–Crippen LogP) is 5.25. The second kappa shape index (κ2) is 8.99. The van der Waals surface area contributed by atoms with Crippen LogP contribution in [0.1, 0.15) is 58.6 Å². The van der Waals surface area contributed by atoms with Gasteiger partial charge in [-0.3, -0.25) is 0 Å². The first kappa shape index (κ1) is 19.9. The average Bonchev–Trinajstić information content (AvgIpc) is 2.52. The molecule has 0 unspecified atom stereocenters. The van der Waals surface area contributed by atoms with Gasteiger partial charge in [-0.1, -0.05) is 47.5 Å². The maximum atomic E-state index is 13.7. The van der Waals surface area contributed by atoms with Crippen molar-refractivity contribution in [2.24, 2.45) is 0 Å². The number of nitrogens with zero attached hydrogens (tertiary/aromatic N) is 1. The number of halogens is 2. The van der Waals surface area contributed by atoms with E-state index in [1.807, 2.05) is 41.5 Å². The summed E-state index contributed by atoms with van der Waals surface area (Å²) in [4.78, 5) is 4.00. The summed E-state index contributed by atoms with van der Waals surface area (Å²) in [5.74, 6) is 0.514. The van der Waals surface area contributed by atoms with Crippen LogP contribution in [0.3, 0.4) is 0 Å². The third kappa shape index (κ3) is 3.94. The lowest BCUT2D eigenvalue weighted by atomic mass is 9.95. The van der Waals surface area contributed by atoms with E-state index in [4.69, 9.17) is 12.2 Å². The molecule has 0 spiro atoms. The SMILES string of the molecule is C#Cc1c(F)c(F)cc2nc(N)cc(C(C)C)c12.CC.CC. The number of pyridine rings is 1. The number of aromatic nitrogens is 1. The largest absolute Gasteiger partial charge is 0.384 e. The lowest BCUT2D eigenvalue weighted by Crippen LogP contribution is -2.02. The van der Waals surface area contributed by atoms with Crippen molar-refractivity contribution >= 4 is 16.7 Å². The van der Waals surface area contributed by atoms with E-state index >= 15 is 0 Å². The maximum Gasteiger partial charge on any atom is 0.175 e. The van der Waals surface area contributed by atoms with Crippen LogP contribution in [-0.2, 0) is 0 Å². The van der Waals surface area contributed by atoms with E-state index in [2.05, 4.69) is 10.9 Å². The van der Waals surface area contributed by atoms with Crippen LogP contribution < -0.4 is 5.73 Å². The Kier molecular flexibility index (Phi) is 8.11. The van der Waals surface area contributed by atoms with Gasteiger partial charge in [-0.05, 0) is 17.5 Å². The minimum Gasteiger partial charge on any atom is -0.384 e. The number of anilines is 1. The fourth-order valence-corrected chi connectivity index (χ4v) is 1.99. The Hall–Kier alpha value is -2.15. The van der Waals surface area contributed by atoms with Crippen molar-refractivity contribution in [1.29, 1.82) is 0 Å². The lowest BCUT2D eigenvalue weighted by Gasteiger charge is -2.13. The highest BCUT2D eigenvalue weighted by Gasteiger charge is 2.17.